The monoisotopic (exact) mass is 320 g/mol. The Morgan fingerprint density at radius 1 is 1.50 bits per heavy atom. The van der Waals surface area contributed by atoms with Gasteiger partial charge in [0, 0.05) is 26.2 Å². The lowest BCUT2D eigenvalue weighted by Crippen LogP contribution is -2.26. The van der Waals surface area contributed by atoms with Crippen LogP contribution < -0.4 is 5.32 Å². The molecule has 1 aromatic carbocycles. The second-order valence-corrected chi connectivity index (χ2v) is 5.37. The van der Waals surface area contributed by atoms with Crippen LogP contribution in [0.25, 0.3) is 11.0 Å². The second kappa shape index (κ2) is 5.81. The molecular weight excluding hydrogens is 307 g/mol. The number of aromatic nitrogens is 3. The van der Waals surface area contributed by atoms with Crippen LogP contribution in [0.4, 0.5) is 4.39 Å². The molecule has 0 aliphatic heterocycles. The molecule has 0 saturated heterocycles. The van der Waals surface area contributed by atoms with Crippen LogP contribution in [-0.4, -0.2) is 27.0 Å². The van der Waals surface area contributed by atoms with Gasteiger partial charge in [0.15, 0.2) is 5.82 Å². The zero-order chi connectivity index (χ0) is 15.7. The minimum absolute atomic E-state index is 0.239. The number of hydrogen-bond acceptors (Lipinski definition) is 2. The molecule has 0 aliphatic carbocycles. The number of amides is 1. The molecule has 0 radical (unpaired) electrons. The van der Waals surface area contributed by atoms with Gasteiger partial charge in [-0.05, 0) is 18.2 Å². The topological polar surface area (TPSA) is 62.7 Å². The Morgan fingerprint density at radius 3 is 3.00 bits per heavy atom. The summed E-state index contributed by atoms with van der Waals surface area (Å²) in [6, 6.07) is 6.41. The first-order valence-corrected chi connectivity index (χ1v) is 7.16. The first-order chi connectivity index (χ1) is 10.6. The van der Waals surface area contributed by atoms with E-state index in [2.05, 4.69) is 15.3 Å². The number of H-pyrrole nitrogens is 1. The van der Waals surface area contributed by atoms with Gasteiger partial charge < -0.3 is 14.9 Å². The third-order valence-corrected chi connectivity index (χ3v) is 3.70. The Labute approximate surface area is 131 Å². The van der Waals surface area contributed by atoms with E-state index in [-0.39, 0.29) is 11.7 Å². The number of aryl methyl sites for hydroxylation is 1. The normalized spacial score (nSPS) is 11.0. The van der Waals surface area contributed by atoms with Gasteiger partial charge in [-0.2, -0.15) is 0 Å². The molecule has 0 bridgehead atoms. The number of nitrogens with zero attached hydrogens (tertiary/aromatic N) is 2. The van der Waals surface area contributed by atoms with Crippen LogP contribution in [0.3, 0.4) is 0 Å². The van der Waals surface area contributed by atoms with Crippen LogP contribution in [0, 0.1) is 5.82 Å². The number of para-hydroxylation sites is 1. The highest BCUT2D eigenvalue weighted by Gasteiger charge is 2.12. The molecule has 114 valence electrons. The molecule has 0 spiro atoms. The van der Waals surface area contributed by atoms with Gasteiger partial charge in [0.1, 0.15) is 17.0 Å². The van der Waals surface area contributed by atoms with Gasteiger partial charge in [-0.25, -0.2) is 9.37 Å². The van der Waals surface area contributed by atoms with Crippen LogP contribution in [-0.2, 0) is 13.5 Å². The highest BCUT2D eigenvalue weighted by Crippen LogP contribution is 2.18. The van der Waals surface area contributed by atoms with Gasteiger partial charge >= 0.3 is 0 Å². The molecule has 2 aromatic heterocycles. The lowest BCUT2D eigenvalue weighted by atomic mass is 10.3. The summed E-state index contributed by atoms with van der Waals surface area (Å²) in [6.07, 6.45) is 2.05. The highest BCUT2D eigenvalue weighted by atomic mass is 35.5. The van der Waals surface area contributed by atoms with E-state index in [0.717, 1.165) is 5.52 Å². The van der Waals surface area contributed by atoms with Gasteiger partial charge in [0.25, 0.3) is 5.91 Å². The Hall–Kier alpha value is -2.34. The zero-order valence-electron chi connectivity index (χ0n) is 11.9. The summed E-state index contributed by atoms with van der Waals surface area (Å²) in [7, 11) is 1.83. The van der Waals surface area contributed by atoms with Crippen LogP contribution in [0.2, 0.25) is 5.02 Å². The van der Waals surface area contributed by atoms with Crippen molar-refractivity contribution in [2.75, 3.05) is 6.54 Å². The fourth-order valence-electron chi connectivity index (χ4n) is 2.33. The van der Waals surface area contributed by atoms with Crippen molar-refractivity contribution in [3.05, 3.63) is 52.8 Å². The number of carbonyl (C=O) groups excluding carboxylic acids is 1. The summed E-state index contributed by atoms with van der Waals surface area (Å²) < 4.78 is 15.5. The lowest BCUT2D eigenvalue weighted by molar-refractivity contribution is 0.0949. The quantitative estimate of drug-likeness (QED) is 0.776. The lowest BCUT2D eigenvalue weighted by Gasteiger charge is -2.04. The maximum atomic E-state index is 13.7. The molecule has 0 atom stereocenters. The van der Waals surface area contributed by atoms with Crippen LogP contribution in [0.5, 0.6) is 0 Å². The molecule has 7 heteroatoms. The molecule has 22 heavy (non-hydrogen) atoms. The second-order valence-electron chi connectivity index (χ2n) is 4.93. The molecule has 3 rings (SSSR count). The van der Waals surface area contributed by atoms with Crippen molar-refractivity contribution in [2.24, 2.45) is 7.05 Å². The number of rotatable bonds is 4. The van der Waals surface area contributed by atoms with Gasteiger partial charge in [0.2, 0.25) is 0 Å². The average molecular weight is 321 g/mol. The van der Waals surface area contributed by atoms with E-state index in [0.29, 0.717) is 35.0 Å². The first kappa shape index (κ1) is 14.6. The van der Waals surface area contributed by atoms with Crippen LogP contribution in [0.15, 0.2) is 30.5 Å². The Balaban J connectivity index is 1.68. The predicted octanol–water partition coefficient (Wildman–Crippen LogP) is 2.67. The number of imidazole rings is 1. The summed E-state index contributed by atoms with van der Waals surface area (Å²) in [5.41, 5.74) is 1.49. The summed E-state index contributed by atoms with van der Waals surface area (Å²) >= 11 is 5.76. The number of hydrogen-bond donors (Lipinski definition) is 2. The molecule has 2 N–H and O–H groups in total. The summed E-state index contributed by atoms with van der Waals surface area (Å²) in [4.78, 5) is 18.9. The predicted molar refractivity (Wildman–Crippen MR) is 82.5 cm³/mol. The maximum Gasteiger partial charge on any atom is 0.267 e. The van der Waals surface area contributed by atoms with E-state index in [9.17, 15) is 9.18 Å². The first-order valence-electron chi connectivity index (χ1n) is 6.78. The van der Waals surface area contributed by atoms with Crippen LogP contribution >= 0.6 is 11.6 Å². The Morgan fingerprint density at radius 2 is 2.32 bits per heavy atom. The van der Waals surface area contributed by atoms with Crippen molar-refractivity contribution in [3.8, 4) is 0 Å². The van der Waals surface area contributed by atoms with Crippen molar-refractivity contribution < 1.29 is 9.18 Å². The third kappa shape index (κ3) is 2.69. The summed E-state index contributed by atoms with van der Waals surface area (Å²) in [5, 5.41) is 3.25. The zero-order valence-corrected chi connectivity index (χ0v) is 12.6. The van der Waals surface area contributed by atoms with Crippen LogP contribution in [0.1, 0.15) is 16.3 Å². The molecule has 0 fully saturated rings. The van der Waals surface area contributed by atoms with Gasteiger partial charge in [0.05, 0.1) is 10.5 Å². The number of benzene rings is 1. The van der Waals surface area contributed by atoms with Crippen molar-refractivity contribution in [2.45, 2.75) is 6.42 Å². The van der Waals surface area contributed by atoms with E-state index < -0.39 is 0 Å². The average Bonchev–Trinajstić information content (AvgIpc) is 3.06. The van der Waals surface area contributed by atoms with Gasteiger partial charge in [-0.1, -0.05) is 17.7 Å². The minimum Gasteiger partial charge on any atom is -0.356 e. The largest absolute Gasteiger partial charge is 0.356 e. The molecule has 0 aliphatic rings. The molecule has 2 heterocycles. The van der Waals surface area contributed by atoms with Crippen molar-refractivity contribution in [3.63, 3.8) is 0 Å². The van der Waals surface area contributed by atoms with Gasteiger partial charge in [-0.15, -0.1) is 0 Å². The molecule has 1 amide bonds. The third-order valence-electron chi connectivity index (χ3n) is 3.48. The maximum absolute atomic E-state index is 13.7. The number of halogens is 2. The fourth-order valence-corrected chi connectivity index (χ4v) is 2.50. The smallest absolute Gasteiger partial charge is 0.267 e. The number of fused-ring (bicyclic) bond motifs is 1. The van der Waals surface area contributed by atoms with Crippen molar-refractivity contribution in [1.82, 2.24) is 19.9 Å². The van der Waals surface area contributed by atoms with Crippen molar-refractivity contribution >= 4 is 28.5 Å². The number of carbonyl (C=O) groups is 1. The van der Waals surface area contributed by atoms with E-state index in [4.69, 9.17) is 11.6 Å². The Bertz CT molecular complexity index is 839. The van der Waals surface area contributed by atoms with E-state index >= 15 is 0 Å². The molecule has 5 nitrogen and oxygen atoms in total. The minimum atomic E-state index is -0.343. The number of nitrogens with one attached hydrogen (secondary N) is 2. The van der Waals surface area contributed by atoms with E-state index in [1.807, 2.05) is 17.7 Å². The molecule has 0 unspecified atom stereocenters. The fraction of sp³-hybridized carbons (Fsp3) is 0.200. The summed E-state index contributed by atoms with van der Waals surface area (Å²) in [5.74, 6) is 0.131. The highest BCUT2D eigenvalue weighted by molar-refractivity contribution is 6.30. The van der Waals surface area contributed by atoms with Crippen molar-refractivity contribution in [1.29, 1.82) is 0 Å². The van der Waals surface area contributed by atoms with E-state index in [1.54, 1.807) is 18.3 Å². The summed E-state index contributed by atoms with van der Waals surface area (Å²) in [6.45, 7) is 0.397. The number of aromatic amines is 1. The Kier molecular flexibility index (Phi) is 3.85. The molecule has 0 saturated carbocycles. The molecular formula is C15H14ClFN4O. The van der Waals surface area contributed by atoms with E-state index in [1.165, 1.54) is 6.07 Å². The molecule has 3 aromatic rings. The SMILES string of the molecule is Cn1c(CCNC(=O)c2cc(Cl)c[nH]2)nc2c(F)cccc21. The standard InChI is InChI=1S/C15H14ClFN4O/c1-21-12-4-2-3-10(17)14(12)20-13(21)5-6-18-15(22)11-7-9(16)8-19-11/h2-4,7-8,19H,5-6H2,1H3,(H,18,22). The van der Waals surface area contributed by atoms with Gasteiger partial charge in [-0.3, -0.25) is 4.79 Å².